The van der Waals surface area contributed by atoms with E-state index in [1.165, 1.54) is 24.3 Å². The number of benzene rings is 1. The van der Waals surface area contributed by atoms with Gasteiger partial charge in [0.15, 0.2) is 0 Å². The molecule has 1 aromatic carbocycles. The quantitative estimate of drug-likeness (QED) is 0.804. The van der Waals surface area contributed by atoms with E-state index < -0.39 is 35.5 Å². The van der Waals surface area contributed by atoms with E-state index in [0.29, 0.717) is 11.6 Å². The topological polar surface area (TPSA) is 71.2 Å². The van der Waals surface area contributed by atoms with Crippen molar-refractivity contribution in [2.75, 3.05) is 0 Å². The van der Waals surface area contributed by atoms with Gasteiger partial charge in [0.2, 0.25) is 0 Å². The molecule has 25 heavy (non-hydrogen) atoms. The number of carbonyl (C=O) groups excluding carboxylic acids is 1. The Kier molecular flexibility index (Phi) is 5.40. The van der Waals surface area contributed by atoms with E-state index in [0.717, 1.165) is 6.07 Å². The Morgan fingerprint density at radius 1 is 1.12 bits per heavy atom. The number of hydrogen-bond acceptors (Lipinski definition) is 3. The number of hydrogen-bond donors (Lipinski definition) is 2. The van der Waals surface area contributed by atoms with Crippen LogP contribution in [0.5, 0.6) is 5.75 Å². The summed E-state index contributed by atoms with van der Waals surface area (Å²) in [6.45, 7) is -3.02. The van der Waals surface area contributed by atoms with Crippen molar-refractivity contribution >= 4 is 5.91 Å². The summed E-state index contributed by atoms with van der Waals surface area (Å²) in [4.78, 5) is 25.1. The highest BCUT2D eigenvalue weighted by molar-refractivity contribution is 5.93. The molecule has 2 aromatic rings. The van der Waals surface area contributed by atoms with E-state index in [2.05, 4.69) is 10.1 Å². The number of H-pyrrole nitrogens is 1. The first-order valence-corrected chi connectivity index (χ1v) is 6.79. The molecule has 0 radical (unpaired) electrons. The number of rotatable bonds is 5. The fourth-order valence-corrected chi connectivity index (χ4v) is 1.88. The van der Waals surface area contributed by atoms with E-state index in [-0.39, 0.29) is 12.3 Å². The molecular weight excluding hydrogens is 351 g/mol. The van der Waals surface area contributed by atoms with Crippen LogP contribution in [0.2, 0.25) is 0 Å². The van der Waals surface area contributed by atoms with Crippen molar-refractivity contribution in [1.29, 1.82) is 0 Å². The van der Waals surface area contributed by atoms with Crippen LogP contribution in [-0.4, -0.2) is 17.5 Å². The molecule has 2 rings (SSSR count). The largest absolute Gasteiger partial charge is 0.435 e. The third-order valence-electron chi connectivity index (χ3n) is 3.06. The summed E-state index contributed by atoms with van der Waals surface area (Å²) in [5.74, 6) is -0.938. The molecule has 1 amide bonds. The highest BCUT2D eigenvalue weighted by Gasteiger charge is 2.32. The van der Waals surface area contributed by atoms with E-state index in [4.69, 9.17) is 0 Å². The van der Waals surface area contributed by atoms with Gasteiger partial charge in [-0.25, -0.2) is 0 Å². The number of alkyl halides is 5. The first-order valence-electron chi connectivity index (χ1n) is 6.79. The van der Waals surface area contributed by atoms with Gasteiger partial charge in [-0.3, -0.25) is 9.59 Å². The molecule has 10 heteroatoms. The van der Waals surface area contributed by atoms with Gasteiger partial charge in [-0.1, -0.05) is 12.1 Å². The first-order chi connectivity index (χ1) is 11.7. The molecule has 0 spiro atoms. The van der Waals surface area contributed by atoms with Crippen molar-refractivity contribution < 1.29 is 31.5 Å². The molecule has 2 N–H and O–H groups in total. The Hall–Kier alpha value is -2.91. The predicted octanol–water partition coefficient (Wildman–Crippen LogP) is 2.93. The number of amides is 1. The second-order valence-electron chi connectivity index (χ2n) is 4.82. The van der Waals surface area contributed by atoms with Crippen LogP contribution in [0.3, 0.4) is 0 Å². The molecule has 0 bridgehead atoms. The Balaban J connectivity index is 2.02. The lowest BCUT2D eigenvalue weighted by molar-refractivity contribution is -0.141. The molecule has 0 saturated heterocycles. The maximum atomic E-state index is 12.5. The SMILES string of the molecule is O=C(NCc1ccc(OC(F)F)cc1)c1ccc(C(F)(F)F)[nH]c1=O. The fraction of sp³-hybridized carbons (Fsp3) is 0.200. The third kappa shape index (κ3) is 5.03. The highest BCUT2D eigenvalue weighted by atomic mass is 19.4. The lowest BCUT2D eigenvalue weighted by atomic mass is 10.2. The monoisotopic (exact) mass is 362 g/mol. The van der Waals surface area contributed by atoms with E-state index in [9.17, 15) is 31.5 Å². The van der Waals surface area contributed by atoms with Crippen molar-refractivity contribution in [3.63, 3.8) is 0 Å². The molecule has 0 saturated carbocycles. The van der Waals surface area contributed by atoms with Gasteiger partial charge in [0.05, 0.1) is 0 Å². The Labute approximate surface area is 137 Å². The van der Waals surface area contributed by atoms with Crippen molar-refractivity contribution in [1.82, 2.24) is 10.3 Å². The van der Waals surface area contributed by atoms with Crippen molar-refractivity contribution in [2.24, 2.45) is 0 Å². The van der Waals surface area contributed by atoms with Crippen LogP contribution in [0.25, 0.3) is 0 Å². The number of nitrogens with one attached hydrogen (secondary N) is 2. The van der Waals surface area contributed by atoms with Crippen molar-refractivity contribution in [3.8, 4) is 5.75 Å². The summed E-state index contributed by atoms with van der Waals surface area (Å²) >= 11 is 0. The minimum absolute atomic E-state index is 0.0613. The maximum Gasteiger partial charge on any atom is 0.431 e. The highest BCUT2D eigenvalue weighted by Crippen LogP contribution is 2.26. The summed E-state index contributed by atoms with van der Waals surface area (Å²) in [5, 5.41) is 2.35. The molecule has 0 aliphatic heterocycles. The van der Waals surface area contributed by atoms with Gasteiger partial charge < -0.3 is 15.0 Å². The van der Waals surface area contributed by atoms with Crippen LogP contribution in [0, 0.1) is 0 Å². The van der Waals surface area contributed by atoms with Crippen LogP contribution < -0.4 is 15.6 Å². The molecule has 1 heterocycles. The van der Waals surface area contributed by atoms with Crippen molar-refractivity contribution in [2.45, 2.75) is 19.3 Å². The van der Waals surface area contributed by atoms with Gasteiger partial charge in [-0.05, 0) is 29.8 Å². The van der Waals surface area contributed by atoms with Crippen molar-refractivity contribution in [3.05, 3.63) is 63.6 Å². The molecule has 5 nitrogen and oxygen atoms in total. The van der Waals surface area contributed by atoms with Crippen LogP contribution in [-0.2, 0) is 12.7 Å². The van der Waals surface area contributed by atoms with Gasteiger partial charge in [-0.2, -0.15) is 22.0 Å². The Bertz CT molecular complexity index is 800. The molecular formula is C15H11F5N2O3. The number of halogens is 5. The Morgan fingerprint density at radius 2 is 1.76 bits per heavy atom. The smallest absolute Gasteiger partial charge is 0.431 e. The predicted molar refractivity (Wildman–Crippen MR) is 76.3 cm³/mol. The second-order valence-corrected chi connectivity index (χ2v) is 4.82. The molecule has 0 unspecified atom stereocenters. The lowest BCUT2D eigenvalue weighted by Crippen LogP contribution is -2.30. The van der Waals surface area contributed by atoms with Crippen LogP contribution in [0.15, 0.2) is 41.2 Å². The van der Waals surface area contributed by atoms with Gasteiger partial charge in [-0.15, -0.1) is 0 Å². The van der Waals surface area contributed by atoms with Crippen LogP contribution in [0.1, 0.15) is 21.6 Å². The van der Waals surface area contributed by atoms with Gasteiger partial charge in [0, 0.05) is 6.54 Å². The van der Waals surface area contributed by atoms with E-state index >= 15 is 0 Å². The zero-order valence-corrected chi connectivity index (χ0v) is 12.4. The van der Waals surface area contributed by atoms with E-state index in [1.54, 1.807) is 4.98 Å². The minimum Gasteiger partial charge on any atom is -0.435 e. The molecule has 0 aliphatic rings. The minimum atomic E-state index is -4.73. The average molecular weight is 362 g/mol. The number of carbonyl (C=O) groups is 1. The van der Waals surface area contributed by atoms with E-state index in [1.807, 2.05) is 0 Å². The lowest BCUT2D eigenvalue weighted by Gasteiger charge is -2.09. The Morgan fingerprint density at radius 3 is 2.28 bits per heavy atom. The number of aromatic nitrogens is 1. The van der Waals surface area contributed by atoms with Crippen LogP contribution >= 0.6 is 0 Å². The molecule has 0 atom stereocenters. The molecule has 1 aromatic heterocycles. The van der Waals surface area contributed by atoms with Gasteiger partial charge in [0.1, 0.15) is 17.0 Å². The normalized spacial score (nSPS) is 11.4. The number of ether oxygens (including phenoxy) is 1. The first kappa shape index (κ1) is 18.4. The second kappa shape index (κ2) is 7.32. The number of pyridine rings is 1. The molecule has 0 fully saturated rings. The summed E-state index contributed by atoms with van der Waals surface area (Å²) in [7, 11) is 0. The molecule has 0 aliphatic carbocycles. The maximum absolute atomic E-state index is 12.5. The summed E-state index contributed by atoms with van der Waals surface area (Å²) in [6.07, 6.45) is -4.73. The third-order valence-corrected chi connectivity index (χ3v) is 3.06. The van der Waals surface area contributed by atoms with Crippen LogP contribution in [0.4, 0.5) is 22.0 Å². The zero-order valence-electron chi connectivity index (χ0n) is 12.4. The number of aromatic amines is 1. The van der Waals surface area contributed by atoms with Gasteiger partial charge >= 0.3 is 12.8 Å². The fourth-order valence-electron chi connectivity index (χ4n) is 1.88. The summed E-state index contributed by atoms with van der Waals surface area (Å²) < 4.78 is 65.6. The zero-order chi connectivity index (χ0) is 18.6. The van der Waals surface area contributed by atoms with Gasteiger partial charge in [0.25, 0.3) is 11.5 Å². The average Bonchev–Trinajstić information content (AvgIpc) is 2.52. The molecule has 134 valence electrons. The summed E-state index contributed by atoms with van der Waals surface area (Å²) in [5.41, 5.74) is -2.40. The summed E-state index contributed by atoms with van der Waals surface area (Å²) in [6, 6.07) is 6.71. The standard InChI is InChI=1S/C15H11F5N2O3/c16-14(17)25-9-3-1-8(2-4-9)7-21-12(23)10-5-6-11(15(18,19)20)22-13(10)24/h1-6,14H,7H2,(H,21,23)(H,22,24).